The fourth-order valence-electron chi connectivity index (χ4n) is 3.71. The van der Waals surface area contributed by atoms with Crippen LogP contribution in [0.3, 0.4) is 0 Å². The molecule has 2 bridgehead atoms. The number of fused-ring (bicyclic) bond motifs is 2. The van der Waals surface area contributed by atoms with Gasteiger partial charge in [-0.05, 0) is 43.4 Å². The first-order valence-corrected chi connectivity index (χ1v) is 7.94. The van der Waals surface area contributed by atoms with E-state index in [4.69, 9.17) is 10.00 Å². The van der Waals surface area contributed by atoms with Crippen molar-refractivity contribution in [1.29, 1.82) is 5.26 Å². The lowest BCUT2D eigenvalue weighted by molar-refractivity contribution is -0.146. The van der Waals surface area contributed by atoms with Crippen LogP contribution < -0.4 is 10.1 Å². The molecule has 1 aromatic carbocycles. The van der Waals surface area contributed by atoms with Gasteiger partial charge in [0, 0.05) is 0 Å². The number of nitrogens with one attached hydrogen (secondary N) is 1. The molecular formula is C18H18N2O4. The third-order valence-electron chi connectivity index (χ3n) is 4.71. The Morgan fingerprint density at radius 2 is 2.04 bits per heavy atom. The molecule has 124 valence electrons. The van der Waals surface area contributed by atoms with Gasteiger partial charge in [0.1, 0.15) is 5.75 Å². The summed E-state index contributed by atoms with van der Waals surface area (Å²) in [6.45, 7) is 2.24. The van der Waals surface area contributed by atoms with Gasteiger partial charge in [0.15, 0.2) is 0 Å². The number of carbonyl (C=O) groups excluding carboxylic acids is 1. The number of anilines is 1. The molecule has 1 aromatic rings. The van der Waals surface area contributed by atoms with Crippen LogP contribution in [0.4, 0.5) is 5.69 Å². The molecule has 0 aromatic heterocycles. The minimum atomic E-state index is -0.942. The van der Waals surface area contributed by atoms with Crippen molar-refractivity contribution >= 4 is 17.6 Å². The molecule has 0 saturated heterocycles. The maximum absolute atomic E-state index is 12.7. The molecule has 3 rings (SSSR count). The summed E-state index contributed by atoms with van der Waals surface area (Å²) >= 11 is 0. The zero-order chi connectivity index (χ0) is 17.3. The molecule has 4 unspecified atom stereocenters. The van der Waals surface area contributed by atoms with Gasteiger partial charge in [0.25, 0.3) is 0 Å². The monoisotopic (exact) mass is 326 g/mol. The number of aliphatic carboxylic acids is 1. The van der Waals surface area contributed by atoms with E-state index < -0.39 is 17.8 Å². The van der Waals surface area contributed by atoms with E-state index in [1.54, 1.807) is 18.2 Å². The number of carboxylic acid groups (broad SMARTS) is 1. The van der Waals surface area contributed by atoms with E-state index in [1.165, 1.54) is 0 Å². The summed E-state index contributed by atoms with van der Waals surface area (Å²) in [5.41, 5.74) is 0.799. The standard InChI is InChI=1S/C18H18N2O4/c1-2-24-14-6-3-10(9-19)7-13(14)20-17(21)15-11-4-5-12(8-11)16(15)18(22)23/h3-7,11-12,15-16H,2,8H2,1H3,(H,20,21)(H,22,23). The third kappa shape index (κ3) is 2.73. The molecule has 1 saturated carbocycles. The van der Waals surface area contributed by atoms with Crippen LogP contribution in [0.1, 0.15) is 18.9 Å². The number of carbonyl (C=O) groups is 2. The van der Waals surface area contributed by atoms with Gasteiger partial charge in [-0.15, -0.1) is 0 Å². The third-order valence-corrected chi connectivity index (χ3v) is 4.71. The molecule has 0 radical (unpaired) electrons. The van der Waals surface area contributed by atoms with Crippen molar-refractivity contribution in [2.75, 3.05) is 11.9 Å². The van der Waals surface area contributed by atoms with Crippen LogP contribution in [0, 0.1) is 35.0 Å². The number of ether oxygens (including phenoxy) is 1. The summed E-state index contributed by atoms with van der Waals surface area (Å²) in [4.78, 5) is 24.3. The second kappa shape index (κ2) is 6.36. The highest BCUT2D eigenvalue weighted by Crippen LogP contribution is 2.48. The Kier molecular flexibility index (Phi) is 4.26. The molecule has 2 N–H and O–H groups in total. The number of benzene rings is 1. The first-order chi connectivity index (χ1) is 11.5. The summed E-state index contributed by atoms with van der Waals surface area (Å²) in [6, 6.07) is 6.81. The SMILES string of the molecule is CCOc1ccc(C#N)cc1NC(=O)C1C2C=CC(C2)C1C(=O)O. The highest BCUT2D eigenvalue weighted by molar-refractivity contribution is 5.97. The van der Waals surface area contributed by atoms with Crippen molar-refractivity contribution in [1.82, 2.24) is 0 Å². The molecule has 6 heteroatoms. The summed E-state index contributed by atoms with van der Waals surface area (Å²) in [6.07, 6.45) is 4.53. The Balaban J connectivity index is 1.86. The van der Waals surface area contributed by atoms with Crippen LogP contribution >= 0.6 is 0 Å². The number of carboxylic acids is 1. The minimum Gasteiger partial charge on any atom is -0.492 e. The lowest BCUT2D eigenvalue weighted by Crippen LogP contribution is -2.36. The van der Waals surface area contributed by atoms with E-state index in [9.17, 15) is 14.7 Å². The number of rotatable bonds is 5. The van der Waals surface area contributed by atoms with E-state index in [1.807, 2.05) is 25.1 Å². The average molecular weight is 326 g/mol. The van der Waals surface area contributed by atoms with E-state index in [2.05, 4.69) is 5.32 Å². The van der Waals surface area contributed by atoms with E-state index in [-0.39, 0.29) is 17.7 Å². The largest absolute Gasteiger partial charge is 0.492 e. The van der Waals surface area contributed by atoms with Crippen molar-refractivity contribution < 1.29 is 19.4 Å². The smallest absolute Gasteiger partial charge is 0.307 e. The van der Waals surface area contributed by atoms with Crippen LogP contribution in [-0.4, -0.2) is 23.6 Å². The van der Waals surface area contributed by atoms with Crippen LogP contribution in [-0.2, 0) is 9.59 Å². The molecule has 6 nitrogen and oxygen atoms in total. The minimum absolute atomic E-state index is 0.0502. The summed E-state index contributed by atoms with van der Waals surface area (Å²) in [5, 5.41) is 21.3. The van der Waals surface area contributed by atoms with Gasteiger partial charge in [-0.25, -0.2) is 0 Å². The number of allylic oxidation sites excluding steroid dienone is 2. The zero-order valence-electron chi connectivity index (χ0n) is 13.2. The van der Waals surface area contributed by atoms with Gasteiger partial charge in [-0.2, -0.15) is 5.26 Å². The average Bonchev–Trinajstić information content (AvgIpc) is 3.17. The van der Waals surface area contributed by atoms with Crippen molar-refractivity contribution in [2.45, 2.75) is 13.3 Å². The summed E-state index contributed by atoms with van der Waals surface area (Å²) < 4.78 is 5.48. The van der Waals surface area contributed by atoms with E-state index in [0.29, 0.717) is 30.0 Å². The van der Waals surface area contributed by atoms with Gasteiger partial charge < -0.3 is 15.2 Å². The normalized spacial score (nSPS) is 26.8. The summed E-state index contributed by atoms with van der Waals surface area (Å²) in [7, 11) is 0. The lowest BCUT2D eigenvalue weighted by Gasteiger charge is -2.24. The van der Waals surface area contributed by atoms with Crippen molar-refractivity contribution in [3.05, 3.63) is 35.9 Å². The fraction of sp³-hybridized carbons (Fsp3) is 0.389. The number of nitriles is 1. The number of amides is 1. The van der Waals surface area contributed by atoms with Crippen LogP contribution in [0.2, 0.25) is 0 Å². The van der Waals surface area contributed by atoms with Gasteiger partial charge >= 0.3 is 5.97 Å². The van der Waals surface area contributed by atoms with Crippen molar-refractivity contribution in [3.63, 3.8) is 0 Å². The van der Waals surface area contributed by atoms with E-state index in [0.717, 1.165) is 0 Å². The van der Waals surface area contributed by atoms with Crippen LogP contribution in [0.25, 0.3) is 0 Å². The van der Waals surface area contributed by atoms with Crippen molar-refractivity contribution in [2.24, 2.45) is 23.7 Å². The molecule has 0 aliphatic heterocycles. The Morgan fingerprint density at radius 3 is 2.67 bits per heavy atom. The molecule has 2 aliphatic rings. The first kappa shape index (κ1) is 16.1. The quantitative estimate of drug-likeness (QED) is 0.810. The number of hydrogen-bond acceptors (Lipinski definition) is 4. The van der Waals surface area contributed by atoms with E-state index >= 15 is 0 Å². The Morgan fingerprint density at radius 1 is 1.33 bits per heavy atom. The second-order valence-electron chi connectivity index (χ2n) is 6.08. The van der Waals surface area contributed by atoms with Gasteiger partial charge in [-0.3, -0.25) is 9.59 Å². The molecule has 1 fully saturated rings. The zero-order valence-corrected chi connectivity index (χ0v) is 13.2. The predicted molar refractivity (Wildman–Crippen MR) is 86.3 cm³/mol. The highest BCUT2D eigenvalue weighted by atomic mass is 16.5. The highest BCUT2D eigenvalue weighted by Gasteiger charge is 2.51. The fourth-order valence-corrected chi connectivity index (χ4v) is 3.71. The predicted octanol–water partition coefficient (Wildman–Crippen LogP) is 2.42. The molecule has 0 spiro atoms. The van der Waals surface area contributed by atoms with Gasteiger partial charge in [-0.1, -0.05) is 12.2 Å². The topological polar surface area (TPSA) is 99.4 Å². The number of hydrogen-bond donors (Lipinski definition) is 2. The van der Waals surface area contributed by atoms with Gasteiger partial charge in [0.2, 0.25) is 5.91 Å². The first-order valence-electron chi connectivity index (χ1n) is 7.94. The second-order valence-corrected chi connectivity index (χ2v) is 6.08. The molecule has 1 amide bonds. The molecule has 4 atom stereocenters. The van der Waals surface area contributed by atoms with Crippen LogP contribution in [0.15, 0.2) is 30.4 Å². The Hall–Kier alpha value is -2.81. The Bertz CT molecular complexity index is 750. The molecule has 0 heterocycles. The summed E-state index contributed by atoms with van der Waals surface area (Å²) in [5.74, 6) is -2.24. The maximum atomic E-state index is 12.7. The Labute approximate surface area is 139 Å². The molecule has 24 heavy (non-hydrogen) atoms. The van der Waals surface area contributed by atoms with Gasteiger partial charge in [0.05, 0.1) is 35.8 Å². The number of nitrogens with zero attached hydrogens (tertiary/aromatic N) is 1. The molecule has 2 aliphatic carbocycles. The van der Waals surface area contributed by atoms with Crippen molar-refractivity contribution in [3.8, 4) is 11.8 Å². The maximum Gasteiger partial charge on any atom is 0.307 e. The van der Waals surface area contributed by atoms with Crippen LogP contribution in [0.5, 0.6) is 5.75 Å². The lowest BCUT2D eigenvalue weighted by atomic mass is 9.82. The molecular weight excluding hydrogens is 308 g/mol.